The first-order valence-electron chi connectivity index (χ1n) is 6.68. The van der Waals surface area contributed by atoms with Gasteiger partial charge in [0.15, 0.2) is 0 Å². The van der Waals surface area contributed by atoms with Crippen molar-refractivity contribution >= 4 is 11.9 Å². The van der Waals surface area contributed by atoms with E-state index in [9.17, 15) is 9.59 Å². The number of hydrogen-bond donors (Lipinski definition) is 1. The highest BCUT2D eigenvalue weighted by molar-refractivity contribution is 5.97. The van der Waals surface area contributed by atoms with Crippen molar-refractivity contribution in [2.24, 2.45) is 11.8 Å². The predicted octanol–water partition coefficient (Wildman–Crippen LogP) is 2.07. The van der Waals surface area contributed by atoms with Crippen molar-refractivity contribution in [1.29, 1.82) is 0 Å². The minimum absolute atomic E-state index is 0.158. The smallest absolute Gasteiger partial charge is 0.318 e. The Morgan fingerprint density at radius 2 is 1.85 bits per heavy atom. The van der Waals surface area contributed by atoms with Gasteiger partial charge < -0.3 is 4.74 Å². The maximum atomic E-state index is 12.0. The standard InChI is InChI=1S/C15H21NO4/c1-4-19-15(18)13(11(2)3)14(17)16-20-10-12-8-6-5-7-9-12/h5-9,11,13H,4,10H2,1-3H3,(H,16,17). The molecule has 0 fully saturated rings. The Kier molecular flexibility index (Phi) is 6.73. The molecule has 0 aliphatic carbocycles. The molecule has 0 bridgehead atoms. The van der Waals surface area contributed by atoms with Crippen molar-refractivity contribution in [1.82, 2.24) is 5.48 Å². The number of hydrogen-bond acceptors (Lipinski definition) is 4. The minimum atomic E-state index is -0.856. The van der Waals surface area contributed by atoms with E-state index >= 15 is 0 Å². The van der Waals surface area contributed by atoms with Gasteiger partial charge in [-0.2, -0.15) is 0 Å². The molecule has 110 valence electrons. The van der Waals surface area contributed by atoms with Crippen LogP contribution in [0.3, 0.4) is 0 Å². The lowest BCUT2D eigenvalue weighted by molar-refractivity contribution is -0.158. The van der Waals surface area contributed by atoms with Crippen LogP contribution in [0.4, 0.5) is 0 Å². The first kappa shape index (κ1) is 16.2. The normalized spacial score (nSPS) is 12.0. The number of hydroxylamine groups is 1. The molecule has 5 heteroatoms. The largest absolute Gasteiger partial charge is 0.465 e. The summed E-state index contributed by atoms with van der Waals surface area (Å²) in [5.41, 5.74) is 3.25. The molecule has 1 unspecified atom stereocenters. The molecule has 1 aromatic carbocycles. The molecule has 1 rings (SSSR count). The molecule has 0 aliphatic rings. The molecule has 0 heterocycles. The monoisotopic (exact) mass is 279 g/mol. The minimum Gasteiger partial charge on any atom is -0.465 e. The van der Waals surface area contributed by atoms with Crippen molar-refractivity contribution in [2.75, 3.05) is 6.61 Å². The highest BCUT2D eigenvalue weighted by Crippen LogP contribution is 2.13. The van der Waals surface area contributed by atoms with Crippen LogP contribution in [0.1, 0.15) is 26.3 Å². The Labute approximate surface area is 119 Å². The van der Waals surface area contributed by atoms with Crippen molar-refractivity contribution < 1.29 is 19.2 Å². The molecule has 0 saturated heterocycles. The van der Waals surface area contributed by atoms with Crippen molar-refractivity contribution in [2.45, 2.75) is 27.4 Å². The first-order valence-corrected chi connectivity index (χ1v) is 6.68. The lowest BCUT2D eigenvalue weighted by atomic mass is 9.95. The summed E-state index contributed by atoms with van der Waals surface area (Å²) in [6.07, 6.45) is 0. The molecule has 1 atom stereocenters. The summed E-state index contributed by atoms with van der Waals surface area (Å²) in [4.78, 5) is 28.8. The second-order valence-corrected chi connectivity index (χ2v) is 4.71. The van der Waals surface area contributed by atoms with E-state index in [0.717, 1.165) is 5.56 Å². The lowest BCUT2D eigenvalue weighted by Crippen LogP contribution is -2.39. The van der Waals surface area contributed by atoms with Crippen LogP contribution in [0, 0.1) is 11.8 Å². The highest BCUT2D eigenvalue weighted by atomic mass is 16.7. The quantitative estimate of drug-likeness (QED) is 0.471. The Morgan fingerprint density at radius 3 is 2.40 bits per heavy atom. The number of carbonyl (C=O) groups is 2. The molecule has 0 spiro atoms. The zero-order chi connectivity index (χ0) is 15.0. The van der Waals surface area contributed by atoms with E-state index in [1.54, 1.807) is 20.8 Å². The maximum absolute atomic E-state index is 12.0. The lowest BCUT2D eigenvalue weighted by Gasteiger charge is -2.18. The Bertz CT molecular complexity index is 431. The summed E-state index contributed by atoms with van der Waals surface area (Å²) in [6, 6.07) is 9.44. The summed E-state index contributed by atoms with van der Waals surface area (Å²) < 4.78 is 4.90. The molecule has 1 amide bonds. The molecular weight excluding hydrogens is 258 g/mol. The average Bonchev–Trinajstić information content (AvgIpc) is 2.40. The van der Waals surface area contributed by atoms with Crippen LogP contribution in [0.15, 0.2) is 30.3 Å². The van der Waals surface area contributed by atoms with Crippen LogP contribution in [0.2, 0.25) is 0 Å². The Hall–Kier alpha value is -1.88. The second kappa shape index (κ2) is 8.32. The van der Waals surface area contributed by atoms with Gasteiger partial charge in [0.1, 0.15) is 5.92 Å². The fraction of sp³-hybridized carbons (Fsp3) is 0.467. The van der Waals surface area contributed by atoms with Gasteiger partial charge in [-0.15, -0.1) is 0 Å². The van der Waals surface area contributed by atoms with Gasteiger partial charge in [0.25, 0.3) is 5.91 Å². The Balaban J connectivity index is 2.48. The van der Waals surface area contributed by atoms with Gasteiger partial charge in [-0.05, 0) is 18.4 Å². The third-order valence-corrected chi connectivity index (χ3v) is 2.74. The SMILES string of the molecule is CCOC(=O)C(C(=O)NOCc1ccccc1)C(C)C. The number of carbonyl (C=O) groups excluding carboxylic acids is 2. The molecule has 0 saturated carbocycles. The third kappa shape index (κ3) is 5.01. The average molecular weight is 279 g/mol. The number of amides is 1. The topological polar surface area (TPSA) is 64.6 Å². The molecule has 0 aromatic heterocycles. The van der Waals surface area contributed by atoms with Gasteiger partial charge in [-0.1, -0.05) is 44.2 Å². The molecule has 0 aliphatic heterocycles. The van der Waals surface area contributed by atoms with Gasteiger partial charge in [0, 0.05) is 0 Å². The summed E-state index contributed by atoms with van der Waals surface area (Å²) in [7, 11) is 0. The molecule has 20 heavy (non-hydrogen) atoms. The predicted molar refractivity (Wildman–Crippen MR) is 74.3 cm³/mol. The number of ether oxygens (including phenoxy) is 1. The summed E-state index contributed by atoms with van der Waals surface area (Å²) in [5, 5.41) is 0. The van der Waals surface area contributed by atoms with Gasteiger partial charge in [0.05, 0.1) is 13.2 Å². The van der Waals surface area contributed by atoms with Crippen LogP contribution >= 0.6 is 0 Å². The van der Waals surface area contributed by atoms with Crippen LogP contribution in [-0.4, -0.2) is 18.5 Å². The van der Waals surface area contributed by atoms with Gasteiger partial charge >= 0.3 is 5.97 Å². The van der Waals surface area contributed by atoms with Crippen molar-refractivity contribution in [3.63, 3.8) is 0 Å². The van der Waals surface area contributed by atoms with Gasteiger partial charge in [-0.3, -0.25) is 14.4 Å². The van der Waals surface area contributed by atoms with Crippen LogP contribution < -0.4 is 5.48 Å². The van der Waals surface area contributed by atoms with Crippen molar-refractivity contribution in [3.8, 4) is 0 Å². The summed E-state index contributed by atoms with van der Waals surface area (Å²) in [6.45, 7) is 5.79. The fourth-order valence-corrected chi connectivity index (χ4v) is 1.74. The maximum Gasteiger partial charge on any atom is 0.318 e. The van der Waals surface area contributed by atoms with E-state index in [1.807, 2.05) is 30.3 Å². The van der Waals surface area contributed by atoms with E-state index in [4.69, 9.17) is 9.57 Å². The van der Waals surface area contributed by atoms with E-state index in [0.29, 0.717) is 0 Å². The van der Waals surface area contributed by atoms with Crippen LogP contribution in [-0.2, 0) is 25.8 Å². The van der Waals surface area contributed by atoms with Gasteiger partial charge in [0.2, 0.25) is 0 Å². The molecule has 1 N–H and O–H groups in total. The van der Waals surface area contributed by atoms with Gasteiger partial charge in [-0.25, -0.2) is 5.48 Å². The van der Waals surface area contributed by atoms with Crippen LogP contribution in [0.5, 0.6) is 0 Å². The third-order valence-electron chi connectivity index (χ3n) is 2.74. The fourth-order valence-electron chi connectivity index (χ4n) is 1.74. The highest BCUT2D eigenvalue weighted by Gasteiger charge is 2.31. The number of nitrogens with one attached hydrogen (secondary N) is 1. The Morgan fingerprint density at radius 1 is 1.20 bits per heavy atom. The number of esters is 1. The second-order valence-electron chi connectivity index (χ2n) is 4.71. The first-order chi connectivity index (χ1) is 9.56. The molecule has 0 radical (unpaired) electrons. The molecule has 1 aromatic rings. The zero-order valence-corrected chi connectivity index (χ0v) is 12.1. The molecular formula is C15H21NO4. The van der Waals surface area contributed by atoms with E-state index in [1.165, 1.54) is 0 Å². The number of benzene rings is 1. The van der Waals surface area contributed by atoms with Crippen LogP contribution in [0.25, 0.3) is 0 Å². The summed E-state index contributed by atoms with van der Waals surface area (Å²) >= 11 is 0. The van der Waals surface area contributed by atoms with E-state index < -0.39 is 17.8 Å². The summed E-state index contributed by atoms with van der Waals surface area (Å²) in [5.74, 6) is -2.02. The van der Waals surface area contributed by atoms with Crippen molar-refractivity contribution in [3.05, 3.63) is 35.9 Å². The molecule has 5 nitrogen and oxygen atoms in total. The van der Waals surface area contributed by atoms with E-state index in [-0.39, 0.29) is 19.1 Å². The zero-order valence-electron chi connectivity index (χ0n) is 12.1. The van der Waals surface area contributed by atoms with E-state index in [2.05, 4.69) is 5.48 Å². The number of rotatable bonds is 7.